The van der Waals surface area contributed by atoms with Crippen LogP contribution in [0.25, 0.3) is 0 Å². The standard InChI is InChI=1S/C5H10O5S/c1-2-3-4-5-9-10-11(6,7)8/h2H,1,3-5H2,(H,6,7,8). The van der Waals surface area contributed by atoms with Crippen LogP contribution in [0.5, 0.6) is 0 Å². The van der Waals surface area contributed by atoms with Gasteiger partial charge in [0.15, 0.2) is 0 Å². The van der Waals surface area contributed by atoms with E-state index in [1.165, 1.54) is 0 Å². The summed E-state index contributed by atoms with van der Waals surface area (Å²) >= 11 is 0. The molecule has 0 spiro atoms. The lowest BCUT2D eigenvalue weighted by atomic mass is 10.3. The van der Waals surface area contributed by atoms with Gasteiger partial charge < -0.3 is 0 Å². The van der Waals surface area contributed by atoms with Crippen molar-refractivity contribution in [3.8, 4) is 0 Å². The third-order valence-corrected chi connectivity index (χ3v) is 1.04. The van der Waals surface area contributed by atoms with E-state index in [4.69, 9.17) is 4.55 Å². The van der Waals surface area contributed by atoms with Gasteiger partial charge in [0.05, 0.1) is 6.61 Å². The summed E-state index contributed by atoms with van der Waals surface area (Å²) in [6.07, 6.45) is 2.96. The summed E-state index contributed by atoms with van der Waals surface area (Å²) in [6.45, 7) is 3.55. The van der Waals surface area contributed by atoms with Crippen molar-refractivity contribution in [2.75, 3.05) is 6.61 Å². The molecular formula is C5H10O5S. The zero-order valence-corrected chi connectivity index (χ0v) is 6.71. The molecule has 0 unspecified atom stereocenters. The number of hydrogen-bond acceptors (Lipinski definition) is 4. The molecule has 11 heavy (non-hydrogen) atoms. The fourth-order valence-electron chi connectivity index (χ4n) is 0.381. The van der Waals surface area contributed by atoms with E-state index in [2.05, 4.69) is 15.8 Å². The Bertz CT molecular complexity index is 195. The average Bonchev–Trinajstić information content (AvgIpc) is 1.85. The van der Waals surface area contributed by atoms with Crippen LogP contribution < -0.4 is 0 Å². The first kappa shape index (κ1) is 10.6. The van der Waals surface area contributed by atoms with Gasteiger partial charge in [0, 0.05) is 0 Å². The molecule has 1 N–H and O–H groups in total. The number of unbranched alkanes of at least 4 members (excludes halogenated alkanes) is 1. The van der Waals surface area contributed by atoms with Crippen LogP contribution >= 0.6 is 0 Å². The maximum Gasteiger partial charge on any atom is 0.424 e. The molecule has 5 nitrogen and oxygen atoms in total. The molecule has 0 radical (unpaired) electrons. The van der Waals surface area contributed by atoms with Gasteiger partial charge in [-0.3, -0.25) is 4.55 Å². The molecule has 0 bridgehead atoms. The number of hydrogen-bond donors (Lipinski definition) is 1. The van der Waals surface area contributed by atoms with Crippen LogP contribution in [0.2, 0.25) is 0 Å². The molecule has 0 fully saturated rings. The summed E-state index contributed by atoms with van der Waals surface area (Å²) in [5, 5.41) is 0. The predicted octanol–water partition coefficient (Wildman–Crippen LogP) is 0.704. The molecule has 66 valence electrons. The molecule has 0 aliphatic heterocycles. The first-order valence-electron chi connectivity index (χ1n) is 2.95. The fraction of sp³-hybridized carbons (Fsp3) is 0.600. The highest BCUT2D eigenvalue weighted by atomic mass is 32.3. The molecule has 0 aromatic rings. The Balaban J connectivity index is 3.22. The Morgan fingerprint density at radius 1 is 1.55 bits per heavy atom. The van der Waals surface area contributed by atoms with Crippen LogP contribution in [0.4, 0.5) is 0 Å². The Morgan fingerprint density at radius 3 is 2.64 bits per heavy atom. The zero-order valence-electron chi connectivity index (χ0n) is 5.89. The second-order valence-electron chi connectivity index (χ2n) is 1.75. The Morgan fingerprint density at radius 2 is 2.18 bits per heavy atom. The molecule has 0 aromatic heterocycles. The van der Waals surface area contributed by atoms with Crippen molar-refractivity contribution in [2.24, 2.45) is 0 Å². The molecule has 0 aromatic carbocycles. The van der Waals surface area contributed by atoms with Crippen molar-refractivity contribution in [3.63, 3.8) is 0 Å². The molecule has 0 rings (SSSR count). The van der Waals surface area contributed by atoms with Gasteiger partial charge in [0.1, 0.15) is 0 Å². The van der Waals surface area contributed by atoms with E-state index in [9.17, 15) is 8.42 Å². The van der Waals surface area contributed by atoms with Crippen molar-refractivity contribution in [3.05, 3.63) is 12.7 Å². The quantitative estimate of drug-likeness (QED) is 0.215. The Hall–Kier alpha value is -0.430. The summed E-state index contributed by atoms with van der Waals surface area (Å²) in [4.78, 5) is 4.11. The van der Waals surface area contributed by atoms with Gasteiger partial charge in [-0.25, -0.2) is 4.89 Å². The highest BCUT2D eigenvalue weighted by molar-refractivity contribution is 7.80. The lowest BCUT2D eigenvalue weighted by Gasteiger charge is -1.97. The van der Waals surface area contributed by atoms with Gasteiger partial charge in [0.2, 0.25) is 0 Å². The highest BCUT2D eigenvalue weighted by Gasteiger charge is 2.03. The Labute approximate surface area is 65.5 Å². The van der Waals surface area contributed by atoms with E-state index in [1.54, 1.807) is 6.08 Å². The number of allylic oxidation sites excluding steroid dienone is 1. The summed E-state index contributed by atoms with van der Waals surface area (Å²) in [5.41, 5.74) is 0. The van der Waals surface area contributed by atoms with E-state index < -0.39 is 10.4 Å². The SMILES string of the molecule is C=CCCCOOS(=O)(=O)O. The van der Waals surface area contributed by atoms with Gasteiger partial charge in [-0.1, -0.05) is 10.4 Å². The topological polar surface area (TPSA) is 72.8 Å². The highest BCUT2D eigenvalue weighted by Crippen LogP contribution is 1.93. The first-order valence-corrected chi connectivity index (χ1v) is 4.32. The van der Waals surface area contributed by atoms with Crippen molar-refractivity contribution in [2.45, 2.75) is 12.8 Å². The van der Waals surface area contributed by atoms with Gasteiger partial charge in [-0.2, -0.15) is 8.42 Å². The average molecular weight is 182 g/mol. The Kier molecular flexibility index (Phi) is 5.05. The molecule has 0 atom stereocenters. The fourth-order valence-corrected chi connectivity index (χ4v) is 0.571. The molecule has 0 aliphatic rings. The summed E-state index contributed by atoms with van der Waals surface area (Å²) in [6, 6.07) is 0. The maximum atomic E-state index is 9.85. The van der Waals surface area contributed by atoms with Gasteiger partial charge >= 0.3 is 10.4 Å². The second-order valence-corrected chi connectivity index (χ2v) is 2.74. The van der Waals surface area contributed by atoms with Crippen molar-refractivity contribution in [1.29, 1.82) is 0 Å². The van der Waals surface area contributed by atoms with E-state index in [1.807, 2.05) is 0 Å². The monoisotopic (exact) mass is 182 g/mol. The molecule has 0 aliphatic carbocycles. The van der Waals surface area contributed by atoms with E-state index in [0.29, 0.717) is 12.8 Å². The first-order chi connectivity index (χ1) is 5.06. The molecule has 0 saturated carbocycles. The lowest BCUT2D eigenvalue weighted by Crippen LogP contribution is -2.05. The minimum atomic E-state index is -4.46. The summed E-state index contributed by atoms with van der Waals surface area (Å²) in [7, 11) is -4.46. The van der Waals surface area contributed by atoms with Crippen LogP contribution in [0.15, 0.2) is 12.7 Å². The van der Waals surface area contributed by atoms with Crippen molar-refractivity contribution >= 4 is 10.4 Å². The van der Waals surface area contributed by atoms with Crippen molar-refractivity contribution in [1.82, 2.24) is 0 Å². The number of rotatable bonds is 6. The maximum absolute atomic E-state index is 9.85. The largest absolute Gasteiger partial charge is 0.424 e. The second kappa shape index (κ2) is 5.25. The third kappa shape index (κ3) is 9.57. The minimum absolute atomic E-state index is 0.103. The van der Waals surface area contributed by atoms with E-state index >= 15 is 0 Å². The van der Waals surface area contributed by atoms with Crippen molar-refractivity contribution < 1.29 is 22.2 Å². The van der Waals surface area contributed by atoms with Gasteiger partial charge in [0.25, 0.3) is 0 Å². The van der Waals surface area contributed by atoms with E-state index in [-0.39, 0.29) is 6.61 Å². The zero-order chi connectivity index (χ0) is 8.74. The van der Waals surface area contributed by atoms with Crippen LogP contribution in [0, 0.1) is 0 Å². The van der Waals surface area contributed by atoms with Crippen LogP contribution in [0.1, 0.15) is 12.8 Å². The lowest BCUT2D eigenvalue weighted by molar-refractivity contribution is -0.208. The third-order valence-electron chi connectivity index (χ3n) is 0.770. The molecular weight excluding hydrogens is 172 g/mol. The van der Waals surface area contributed by atoms with Crippen LogP contribution in [-0.2, 0) is 19.6 Å². The molecule has 6 heteroatoms. The summed E-state index contributed by atoms with van der Waals surface area (Å²) in [5.74, 6) is 0. The van der Waals surface area contributed by atoms with Gasteiger partial charge in [-0.05, 0) is 12.8 Å². The normalized spacial score (nSPS) is 11.4. The van der Waals surface area contributed by atoms with Gasteiger partial charge in [-0.15, -0.1) is 6.58 Å². The summed E-state index contributed by atoms with van der Waals surface area (Å²) < 4.78 is 31.3. The van der Waals surface area contributed by atoms with Crippen LogP contribution in [-0.4, -0.2) is 19.6 Å². The predicted molar refractivity (Wildman–Crippen MR) is 38.0 cm³/mol. The van der Waals surface area contributed by atoms with E-state index in [0.717, 1.165) is 0 Å². The smallest absolute Gasteiger partial charge is 0.262 e. The molecule has 0 heterocycles. The minimum Gasteiger partial charge on any atom is -0.262 e. The van der Waals surface area contributed by atoms with Crippen LogP contribution in [0.3, 0.4) is 0 Å². The molecule has 0 saturated heterocycles. The molecule has 0 amide bonds.